The van der Waals surface area contributed by atoms with Gasteiger partial charge in [-0.1, -0.05) is 60.7 Å². The molecule has 0 aromatic heterocycles. The molecule has 3 aliphatic heterocycles. The molecule has 154 valence electrons. The van der Waals surface area contributed by atoms with Crippen LogP contribution in [0.1, 0.15) is 18.9 Å². The van der Waals surface area contributed by atoms with E-state index in [2.05, 4.69) is 17.4 Å². The third kappa shape index (κ3) is 3.14. The molecule has 5 rings (SSSR count). The van der Waals surface area contributed by atoms with E-state index in [0.29, 0.717) is 6.54 Å². The van der Waals surface area contributed by atoms with Gasteiger partial charge in [-0.3, -0.25) is 9.59 Å². The van der Waals surface area contributed by atoms with Crippen LogP contribution in [-0.2, 0) is 20.7 Å². The van der Waals surface area contributed by atoms with E-state index < -0.39 is 17.4 Å². The number of anilines is 1. The number of carbonyl (C=O) groups excluding carboxylic acids is 2. The third-order valence-corrected chi connectivity index (χ3v) is 6.57. The minimum Gasteiger partial charge on any atom is -0.360 e. The van der Waals surface area contributed by atoms with Gasteiger partial charge in [0.05, 0.1) is 24.5 Å². The minimum atomic E-state index is -0.688. The van der Waals surface area contributed by atoms with E-state index in [9.17, 15) is 9.59 Å². The summed E-state index contributed by atoms with van der Waals surface area (Å²) in [4.78, 5) is 28.3. The number of benzene rings is 2. The Bertz CT molecular complexity index is 974. The summed E-state index contributed by atoms with van der Waals surface area (Å²) in [6.07, 6.45) is 5.38. The average Bonchev–Trinajstić information content (AvgIpc) is 3.42. The van der Waals surface area contributed by atoms with Crippen molar-refractivity contribution in [3.05, 3.63) is 78.4 Å². The molecule has 0 radical (unpaired) electrons. The number of para-hydroxylation sites is 1. The van der Waals surface area contributed by atoms with Gasteiger partial charge in [-0.05, 0) is 37.5 Å². The van der Waals surface area contributed by atoms with E-state index in [-0.39, 0.29) is 24.0 Å². The number of ether oxygens (including phenoxy) is 1. The fourth-order valence-corrected chi connectivity index (χ4v) is 5.06. The minimum absolute atomic E-state index is 0.0230. The molecule has 0 unspecified atom stereocenters. The Morgan fingerprint density at radius 3 is 2.60 bits per heavy atom. The van der Waals surface area contributed by atoms with Crippen molar-refractivity contribution in [3.63, 3.8) is 0 Å². The molecule has 2 amide bonds. The zero-order valence-electron chi connectivity index (χ0n) is 17.0. The Labute approximate surface area is 176 Å². The summed E-state index contributed by atoms with van der Waals surface area (Å²) in [6.45, 7) is 2.48. The SMILES string of the molecule is C[C@H](CCc1ccccc1)NC(=O)[C@H]1[C@H]2C=C[C@@]3(CN(c4ccccc4)C(=O)[C@@H]13)O2. The Morgan fingerprint density at radius 1 is 1.17 bits per heavy atom. The summed E-state index contributed by atoms with van der Waals surface area (Å²) < 4.78 is 6.22. The standard InChI is InChI=1S/C25H26N2O3/c1-17(12-13-18-8-4-2-5-9-18)26-23(28)21-20-14-15-25(30-20)16-27(24(29)22(21)25)19-10-6-3-7-11-19/h2-11,14-15,17,20-22H,12-13,16H2,1H3,(H,26,28)/t17-,20-,21+,22-,25+/m1/s1. The zero-order valence-corrected chi connectivity index (χ0v) is 17.0. The number of hydrogen-bond donors (Lipinski definition) is 1. The molecule has 1 N–H and O–H groups in total. The van der Waals surface area contributed by atoms with Gasteiger partial charge in [0.2, 0.25) is 11.8 Å². The van der Waals surface area contributed by atoms with Gasteiger partial charge < -0.3 is 15.0 Å². The normalized spacial score (nSPS) is 29.8. The first-order chi connectivity index (χ1) is 14.6. The van der Waals surface area contributed by atoms with Crippen LogP contribution in [0.2, 0.25) is 0 Å². The molecule has 5 atom stereocenters. The lowest BCUT2D eigenvalue weighted by atomic mass is 9.76. The van der Waals surface area contributed by atoms with Crippen LogP contribution in [0.15, 0.2) is 72.8 Å². The van der Waals surface area contributed by atoms with Crippen LogP contribution in [0.25, 0.3) is 0 Å². The van der Waals surface area contributed by atoms with Crippen molar-refractivity contribution in [1.29, 1.82) is 0 Å². The molecule has 3 heterocycles. The highest BCUT2D eigenvalue weighted by atomic mass is 16.5. The lowest BCUT2D eigenvalue weighted by Gasteiger charge is -2.25. The van der Waals surface area contributed by atoms with E-state index >= 15 is 0 Å². The van der Waals surface area contributed by atoms with Gasteiger partial charge >= 0.3 is 0 Å². The summed E-state index contributed by atoms with van der Waals surface area (Å²) in [5.41, 5.74) is 1.42. The molecule has 2 fully saturated rings. The van der Waals surface area contributed by atoms with Crippen molar-refractivity contribution in [3.8, 4) is 0 Å². The highest BCUT2D eigenvalue weighted by Crippen LogP contribution is 2.52. The van der Waals surface area contributed by atoms with Gasteiger partial charge in [-0.2, -0.15) is 0 Å². The molecular formula is C25H26N2O3. The molecule has 2 aromatic rings. The Kier molecular flexibility index (Phi) is 4.70. The van der Waals surface area contributed by atoms with Crippen molar-refractivity contribution >= 4 is 17.5 Å². The van der Waals surface area contributed by atoms with Gasteiger partial charge in [0.1, 0.15) is 5.60 Å². The summed E-state index contributed by atoms with van der Waals surface area (Å²) in [5, 5.41) is 3.14. The van der Waals surface area contributed by atoms with Crippen LogP contribution in [0, 0.1) is 11.8 Å². The van der Waals surface area contributed by atoms with E-state index in [4.69, 9.17) is 4.74 Å². The third-order valence-electron chi connectivity index (χ3n) is 6.57. The summed E-state index contributed by atoms with van der Waals surface area (Å²) in [5.74, 6) is -1.05. The number of aryl methyl sites for hydroxylation is 1. The zero-order chi connectivity index (χ0) is 20.7. The number of carbonyl (C=O) groups is 2. The lowest BCUT2D eigenvalue weighted by Crippen LogP contribution is -2.46. The maximum absolute atomic E-state index is 13.3. The molecule has 2 bridgehead atoms. The van der Waals surface area contributed by atoms with Crippen molar-refractivity contribution in [1.82, 2.24) is 5.32 Å². The van der Waals surface area contributed by atoms with Crippen LogP contribution < -0.4 is 10.2 Å². The largest absolute Gasteiger partial charge is 0.360 e. The number of nitrogens with one attached hydrogen (secondary N) is 1. The quantitative estimate of drug-likeness (QED) is 0.756. The molecule has 0 aliphatic carbocycles. The number of rotatable bonds is 6. The summed E-state index contributed by atoms with van der Waals surface area (Å²) in [6, 6.07) is 19.9. The maximum atomic E-state index is 13.3. The predicted molar refractivity (Wildman–Crippen MR) is 115 cm³/mol. The second kappa shape index (κ2) is 7.40. The smallest absolute Gasteiger partial charge is 0.234 e. The van der Waals surface area contributed by atoms with E-state index in [1.54, 1.807) is 4.90 Å². The molecular weight excluding hydrogens is 376 g/mol. The van der Waals surface area contributed by atoms with Gasteiger partial charge in [-0.15, -0.1) is 0 Å². The van der Waals surface area contributed by atoms with Gasteiger partial charge in [0, 0.05) is 11.7 Å². The fourth-order valence-electron chi connectivity index (χ4n) is 5.06. The van der Waals surface area contributed by atoms with Crippen LogP contribution in [0.3, 0.4) is 0 Å². The van der Waals surface area contributed by atoms with Crippen LogP contribution in [0.5, 0.6) is 0 Å². The second-order valence-corrected chi connectivity index (χ2v) is 8.59. The van der Waals surface area contributed by atoms with E-state index in [0.717, 1.165) is 18.5 Å². The monoisotopic (exact) mass is 402 g/mol. The van der Waals surface area contributed by atoms with E-state index in [1.807, 2.05) is 67.6 Å². The summed E-state index contributed by atoms with van der Waals surface area (Å²) >= 11 is 0. The first-order valence-electron chi connectivity index (χ1n) is 10.7. The Morgan fingerprint density at radius 2 is 1.87 bits per heavy atom. The number of hydrogen-bond acceptors (Lipinski definition) is 3. The predicted octanol–water partition coefficient (Wildman–Crippen LogP) is 3.11. The highest BCUT2D eigenvalue weighted by molar-refractivity contribution is 6.03. The topological polar surface area (TPSA) is 58.6 Å². The first kappa shape index (κ1) is 19.1. The number of amides is 2. The van der Waals surface area contributed by atoms with Gasteiger partial charge in [0.25, 0.3) is 0 Å². The molecule has 0 saturated carbocycles. The van der Waals surface area contributed by atoms with Gasteiger partial charge in [-0.25, -0.2) is 0 Å². The average molecular weight is 402 g/mol. The Hall–Kier alpha value is -2.92. The fraction of sp³-hybridized carbons (Fsp3) is 0.360. The summed E-state index contributed by atoms with van der Waals surface area (Å²) in [7, 11) is 0. The van der Waals surface area contributed by atoms with Gasteiger partial charge in [0.15, 0.2) is 0 Å². The molecule has 30 heavy (non-hydrogen) atoms. The van der Waals surface area contributed by atoms with Crippen molar-refractivity contribution < 1.29 is 14.3 Å². The molecule has 3 aliphatic rings. The molecule has 1 spiro atoms. The molecule has 2 aromatic carbocycles. The highest BCUT2D eigenvalue weighted by Gasteiger charge is 2.67. The lowest BCUT2D eigenvalue weighted by molar-refractivity contribution is -0.132. The van der Waals surface area contributed by atoms with Crippen LogP contribution in [-0.4, -0.2) is 36.1 Å². The van der Waals surface area contributed by atoms with Crippen molar-refractivity contribution in [2.45, 2.75) is 37.5 Å². The first-order valence-corrected chi connectivity index (χ1v) is 10.7. The van der Waals surface area contributed by atoms with Crippen LogP contribution in [0.4, 0.5) is 5.69 Å². The van der Waals surface area contributed by atoms with Crippen molar-refractivity contribution in [2.24, 2.45) is 11.8 Å². The van der Waals surface area contributed by atoms with E-state index in [1.165, 1.54) is 5.56 Å². The molecule has 5 heteroatoms. The second-order valence-electron chi connectivity index (χ2n) is 8.59. The Balaban J connectivity index is 1.29. The molecule has 2 saturated heterocycles. The molecule has 5 nitrogen and oxygen atoms in total. The number of nitrogens with zero attached hydrogens (tertiary/aromatic N) is 1. The van der Waals surface area contributed by atoms with Crippen molar-refractivity contribution in [2.75, 3.05) is 11.4 Å². The number of fused-ring (bicyclic) bond motifs is 1. The van der Waals surface area contributed by atoms with Crippen LogP contribution >= 0.6 is 0 Å². The maximum Gasteiger partial charge on any atom is 0.234 e.